The Bertz CT molecular complexity index is 729. The minimum atomic E-state index is -3.48. The maximum absolute atomic E-state index is 12.3. The van der Waals surface area contributed by atoms with Crippen LogP contribution in [0.25, 0.3) is 0 Å². The van der Waals surface area contributed by atoms with Gasteiger partial charge in [-0.05, 0) is 51.9 Å². The van der Waals surface area contributed by atoms with E-state index < -0.39 is 33.3 Å². The lowest BCUT2D eigenvalue weighted by Crippen LogP contribution is -2.38. The molecular weight excluding hydrogens is 362 g/mol. The van der Waals surface area contributed by atoms with Gasteiger partial charge < -0.3 is 10.1 Å². The minimum Gasteiger partial charge on any atom is -0.456 e. The third-order valence-electron chi connectivity index (χ3n) is 3.58. The van der Waals surface area contributed by atoms with Crippen molar-refractivity contribution in [1.82, 2.24) is 15.7 Å². The van der Waals surface area contributed by atoms with Crippen molar-refractivity contribution in [3.63, 3.8) is 0 Å². The molecule has 0 spiro atoms. The van der Waals surface area contributed by atoms with Crippen molar-refractivity contribution in [3.8, 4) is 0 Å². The molecule has 0 saturated carbocycles. The van der Waals surface area contributed by atoms with Gasteiger partial charge in [0.05, 0.1) is 23.2 Å². The van der Waals surface area contributed by atoms with Crippen LogP contribution in [0.5, 0.6) is 0 Å². The number of nitrogens with zero attached hydrogens (tertiary/aromatic N) is 1. The van der Waals surface area contributed by atoms with Gasteiger partial charge in [0.15, 0.2) is 0 Å². The highest BCUT2D eigenvalue weighted by atomic mass is 32.2. The van der Waals surface area contributed by atoms with E-state index in [2.05, 4.69) is 25.9 Å². The van der Waals surface area contributed by atoms with Crippen molar-refractivity contribution >= 4 is 33.4 Å². The fraction of sp³-hybridized carbons (Fsp3) is 0.533. The molecule has 1 aliphatic heterocycles. The summed E-state index contributed by atoms with van der Waals surface area (Å²) in [5, 5.41) is 2.68. The number of carbonyl (C=O) groups is 2. The largest absolute Gasteiger partial charge is 0.456 e. The molecule has 0 atom stereocenters. The van der Waals surface area contributed by atoms with Crippen LogP contribution in [-0.2, 0) is 24.3 Å². The number of anilines is 2. The van der Waals surface area contributed by atoms with Crippen molar-refractivity contribution in [2.24, 2.45) is 0 Å². The average Bonchev–Trinajstić information content (AvgIpc) is 2.60. The first-order chi connectivity index (χ1) is 12.3. The number of hydrazine groups is 1. The van der Waals surface area contributed by atoms with Crippen LogP contribution < -0.4 is 20.9 Å². The van der Waals surface area contributed by atoms with Crippen LogP contribution in [0.2, 0.25) is 0 Å². The van der Waals surface area contributed by atoms with E-state index in [-0.39, 0.29) is 5.82 Å². The third-order valence-corrected chi connectivity index (χ3v) is 5.45. The molecule has 1 amide bonds. The molecule has 4 N–H and O–H groups in total. The Morgan fingerprint density at radius 3 is 2.54 bits per heavy atom. The van der Waals surface area contributed by atoms with Gasteiger partial charge in [0, 0.05) is 0 Å². The highest BCUT2D eigenvalue weighted by Crippen LogP contribution is 2.18. The highest BCUT2D eigenvalue weighted by molar-refractivity contribution is 7.93. The maximum atomic E-state index is 12.3. The number of esters is 1. The van der Waals surface area contributed by atoms with Crippen LogP contribution in [0.1, 0.15) is 26.7 Å². The summed E-state index contributed by atoms with van der Waals surface area (Å²) < 4.78 is 31.9. The molecule has 2 heterocycles. The van der Waals surface area contributed by atoms with E-state index >= 15 is 0 Å². The van der Waals surface area contributed by atoms with Gasteiger partial charge in [-0.15, -0.1) is 0 Å². The second-order valence-corrected chi connectivity index (χ2v) is 8.02. The average molecular weight is 385 g/mol. The number of pyridine rings is 1. The molecular formula is C15H23N5O5S. The number of ether oxygens (including phenoxy) is 1. The predicted octanol–water partition coefficient (Wildman–Crippen LogP) is -0.0300. The Morgan fingerprint density at radius 2 is 1.96 bits per heavy atom. The number of rotatable bonds is 6. The Labute approximate surface area is 152 Å². The first-order valence-corrected chi connectivity index (χ1v) is 9.78. The molecule has 26 heavy (non-hydrogen) atoms. The van der Waals surface area contributed by atoms with E-state index in [1.165, 1.54) is 18.3 Å². The normalized spacial score (nSPS) is 15.3. The Balaban J connectivity index is 1.88. The van der Waals surface area contributed by atoms with E-state index in [4.69, 9.17) is 4.74 Å². The number of hydrogen-bond donors (Lipinski definition) is 4. The molecule has 0 bridgehead atoms. The van der Waals surface area contributed by atoms with Crippen LogP contribution >= 0.6 is 0 Å². The second-order valence-electron chi connectivity index (χ2n) is 6.06. The van der Waals surface area contributed by atoms with Crippen LogP contribution in [-0.4, -0.2) is 49.7 Å². The molecule has 1 saturated heterocycles. The molecule has 1 aliphatic rings. The van der Waals surface area contributed by atoms with Gasteiger partial charge in [0.25, 0.3) is 0 Å². The summed E-state index contributed by atoms with van der Waals surface area (Å²) in [4.78, 5) is 26.9. The summed E-state index contributed by atoms with van der Waals surface area (Å²) in [5.41, 5.74) is 4.93. The fourth-order valence-corrected chi connectivity index (χ4v) is 3.79. The first-order valence-electron chi connectivity index (χ1n) is 8.23. The number of nitrogens with one attached hydrogen (secondary N) is 4. The summed E-state index contributed by atoms with van der Waals surface area (Å²) >= 11 is 0. The second kappa shape index (κ2) is 8.81. The van der Waals surface area contributed by atoms with Crippen molar-refractivity contribution < 1.29 is 22.7 Å². The summed E-state index contributed by atoms with van der Waals surface area (Å²) in [6.45, 7) is 4.60. The molecule has 11 heteroatoms. The number of hydrogen-bond acceptors (Lipinski definition) is 8. The van der Waals surface area contributed by atoms with E-state index in [9.17, 15) is 18.0 Å². The Morgan fingerprint density at radius 1 is 1.27 bits per heavy atom. The van der Waals surface area contributed by atoms with E-state index in [0.717, 1.165) is 0 Å². The lowest BCUT2D eigenvalue weighted by atomic mass is 10.2. The monoisotopic (exact) mass is 385 g/mol. The van der Waals surface area contributed by atoms with Gasteiger partial charge >= 0.3 is 11.9 Å². The minimum absolute atomic E-state index is 0.237. The SMILES string of the molecule is CC(C)OC(=O)C(=O)NNc1ccc(NS(=O)(=O)C2CCNCC2)cn1. The summed E-state index contributed by atoms with van der Waals surface area (Å²) in [6.07, 6.45) is 2.03. The molecule has 1 aromatic rings. The van der Waals surface area contributed by atoms with E-state index in [0.29, 0.717) is 31.6 Å². The zero-order valence-corrected chi connectivity index (χ0v) is 15.4. The fourth-order valence-electron chi connectivity index (χ4n) is 2.32. The first kappa shape index (κ1) is 19.9. The van der Waals surface area contributed by atoms with Crippen LogP contribution in [0.4, 0.5) is 11.5 Å². The molecule has 144 valence electrons. The predicted molar refractivity (Wildman–Crippen MR) is 95.7 cm³/mol. The van der Waals surface area contributed by atoms with Crippen LogP contribution in [0, 0.1) is 0 Å². The quantitative estimate of drug-likeness (QED) is 0.304. The van der Waals surface area contributed by atoms with E-state index in [1.807, 2.05) is 0 Å². The zero-order chi connectivity index (χ0) is 19.2. The molecule has 0 aliphatic carbocycles. The lowest BCUT2D eigenvalue weighted by molar-refractivity contribution is -0.157. The summed E-state index contributed by atoms with van der Waals surface area (Å²) in [5.74, 6) is -1.74. The number of amides is 1. The molecule has 1 fully saturated rings. The summed E-state index contributed by atoms with van der Waals surface area (Å²) in [6, 6.07) is 2.97. The Kier molecular flexibility index (Phi) is 6.75. The third kappa shape index (κ3) is 5.85. The van der Waals surface area contributed by atoms with Crippen LogP contribution in [0.3, 0.4) is 0 Å². The van der Waals surface area contributed by atoms with Gasteiger partial charge in [-0.1, -0.05) is 0 Å². The number of aromatic nitrogens is 1. The molecule has 0 unspecified atom stereocenters. The molecule has 1 aromatic heterocycles. The van der Waals surface area contributed by atoms with Gasteiger partial charge in [0.1, 0.15) is 5.82 Å². The van der Waals surface area contributed by atoms with Gasteiger partial charge in [-0.2, -0.15) is 0 Å². The molecule has 10 nitrogen and oxygen atoms in total. The van der Waals surface area contributed by atoms with Gasteiger partial charge in [-0.3, -0.25) is 20.4 Å². The highest BCUT2D eigenvalue weighted by Gasteiger charge is 2.27. The van der Waals surface area contributed by atoms with E-state index in [1.54, 1.807) is 13.8 Å². The smallest absolute Gasteiger partial charge is 0.398 e. The number of piperidine rings is 1. The standard InChI is InChI=1S/C15H23N5O5S/c1-10(2)25-15(22)14(21)19-18-13-4-3-11(9-17-13)20-26(23,24)12-5-7-16-8-6-12/h3-4,9-10,12,16,20H,5-8H2,1-2H3,(H,17,18)(H,19,21). The molecule has 2 rings (SSSR count). The number of sulfonamides is 1. The van der Waals surface area contributed by atoms with Crippen LogP contribution in [0.15, 0.2) is 18.3 Å². The molecule has 0 radical (unpaired) electrons. The van der Waals surface area contributed by atoms with Crippen molar-refractivity contribution in [2.45, 2.75) is 38.0 Å². The topological polar surface area (TPSA) is 139 Å². The van der Waals surface area contributed by atoms with Gasteiger partial charge in [-0.25, -0.2) is 18.2 Å². The zero-order valence-electron chi connectivity index (χ0n) is 14.6. The lowest BCUT2D eigenvalue weighted by Gasteiger charge is -2.23. The van der Waals surface area contributed by atoms with Crippen molar-refractivity contribution in [2.75, 3.05) is 23.2 Å². The maximum Gasteiger partial charge on any atom is 0.398 e. The Hall–Kier alpha value is -2.40. The van der Waals surface area contributed by atoms with Crippen molar-refractivity contribution in [1.29, 1.82) is 0 Å². The van der Waals surface area contributed by atoms with Crippen molar-refractivity contribution in [3.05, 3.63) is 18.3 Å². The van der Waals surface area contributed by atoms with Gasteiger partial charge in [0.2, 0.25) is 10.0 Å². The summed E-state index contributed by atoms with van der Waals surface area (Å²) in [7, 11) is -3.48. The molecule has 0 aromatic carbocycles. The number of carbonyl (C=O) groups excluding carboxylic acids is 2.